The van der Waals surface area contributed by atoms with Crippen molar-refractivity contribution in [3.05, 3.63) is 0 Å². The highest BCUT2D eigenvalue weighted by molar-refractivity contribution is 14.1. The van der Waals surface area contributed by atoms with Gasteiger partial charge in [0.25, 0.3) is 0 Å². The topological polar surface area (TPSA) is 20.2 Å². The van der Waals surface area contributed by atoms with E-state index in [9.17, 15) is 0 Å². The number of halogens is 1. The molecular formula is C8H15IO. The molecule has 0 unspecified atom stereocenters. The molecule has 0 aromatic heterocycles. The zero-order chi connectivity index (χ0) is 7.40. The van der Waals surface area contributed by atoms with Crippen molar-refractivity contribution in [2.45, 2.75) is 25.7 Å². The Kier molecular flexibility index (Phi) is 3.99. The molecule has 1 nitrogen and oxygen atoms in total. The maximum absolute atomic E-state index is 8.85. The van der Waals surface area contributed by atoms with Crippen LogP contribution in [0.5, 0.6) is 0 Å². The molecule has 1 N–H and O–H groups in total. The largest absolute Gasteiger partial charge is 0.396 e. The Hall–Kier alpha value is 0.690. The molecule has 2 heteroatoms. The molecule has 0 heterocycles. The first-order valence-electron chi connectivity index (χ1n) is 4.03. The average molecular weight is 254 g/mol. The summed E-state index contributed by atoms with van der Waals surface area (Å²) in [5.41, 5.74) is 0. The van der Waals surface area contributed by atoms with Gasteiger partial charge in [-0.25, -0.2) is 0 Å². The summed E-state index contributed by atoms with van der Waals surface area (Å²) in [6, 6.07) is 0. The van der Waals surface area contributed by atoms with Crippen LogP contribution in [0, 0.1) is 11.8 Å². The Labute approximate surface area is 76.3 Å². The fraction of sp³-hybridized carbons (Fsp3) is 1.00. The van der Waals surface area contributed by atoms with Crippen LogP contribution in [0.25, 0.3) is 0 Å². The summed E-state index contributed by atoms with van der Waals surface area (Å²) in [6.45, 7) is 0.411. The zero-order valence-corrected chi connectivity index (χ0v) is 8.38. The molecule has 0 aromatic rings. The van der Waals surface area contributed by atoms with Crippen LogP contribution >= 0.6 is 22.6 Å². The molecular weight excluding hydrogens is 239 g/mol. The lowest BCUT2D eigenvalue weighted by Gasteiger charge is -2.25. The normalized spacial score (nSPS) is 34.2. The summed E-state index contributed by atoms with van der Waals surface area (Å²) in [4.78, 5) is 0. The van der Waals surface area contributed by atoms with Gasteiger partial charge < -0.3 is 5.11 Å². The van der Waals surface area contributed by atoms with Crippen molar-refractivity contribution < 1.29 is 5.11 Å². The Morgan fingerprint density at radius 1 is 1.10 bits per heavy atom. The molecule has 1 aliphatic rings. The molecule has 0 aromatic carbocycles. The Morgan fingerprint density at radius 2 is 1.60 bits per heavy atom. The van der Waals surface area contributed by atoms with E-state index in [2.05, 4.69) is 22.6 Å². The van der Waals surface area contributed by atoms with Gasteiger partial charge in [-0.15, -0.1) is 0 Å². The number of aliphatic hydroxyl groups is 1. The van der Waals surface area contributed by atoms with E-state index in [4.69, 9.17) is 5.11 Å². The standard InChI is InChI=1S/C8H15IO/c9-5-7-1-3-8(6-10)4-2-7/h7-8,10H,1-6H2/t7-,8+. The molecule has 0 saturated heterocycles. The van der Waals surface area contributed by atoms with Crippen molar-refractivity contribution in [1.29, 1.82) is 0 Å². The fourth-order valence-corrected chi connectivity index (χ4v) is 2.45. The van der Waals surface area contributed by atoms with Gasteiger partial charge in [0, 0.05) is 11.0 Å². The number of hydrogen-bond acceptors (Lipinski definition) is 1. The lowest BCUT2D eigenvalue weighted by molar-refractivity contribution is 0.173. The highest BCUT2D eigenvalue weighted by atomic mass is 127. The van der Waals surface area contributed by atoms with Gasteiger partial charge in [0.2, 0.25) is 0 Å². The van der Waals surface area contributed by atoms with Crippen LogP contribution in [0.2, 0.25) is 0 Å². The van der Waals surface area contributed by atoms with Gasteiger partial charge in [-0.2, -0.15) is 0 Å². The highest BCUT2D eigenvalue weighted by Crippen LogP contribution is 2.29. The van der Waals surface area contributed by atoms with Crippen molar-refractivity contribution in [3.8, 4) is 0 Å². The average Bonchev–Trinajstić information content (AvgIpc) is 2.05. The zero-order valence-electron chi connectivity index (χ0n) is 6.22. The third kappa shape index (κ3) is 2.38. The van der Waals surface area contributed by atoms with E-state index >= 15 is 0 Å². The van der Waals surface area contributed by atoms with Crippen LogP contribution in [0.4, 0.5) is 0 Å². The first kappa shape index (κ1) is 8.78. The van der Waals surface area contributed by atoms with Gasteiger partial charge in [-0.3, -0.25) is 0 Å². The Bertz CT molecular complexity index is 75.3. The summed E-state index contributed by atoms with van der Waals surface area (Å²) < 4.78 is 1.30. The molecule has 1 aliphatic carbocycles. The summed E-state index contributed by atoms with van der Waals surface area (Å²) in [5, 5.41) is 8.85. The van der Waals surface area contributed by atoms with Gasteiger partial charge in [0.05, 0.1) is 0 Å². The molecule has 0 aliphatic heterocycles. The number of alkyl halides is 1. The maximum Gasteiger partial charge on any atom is 0.0459 e. The second kappa shape index (κ2) is 4.54. The second-order valence-corrected chi connectivity index (χ2v) is 4.10. The van der Waals surface area contributed by atoms with Crippen LogP contribution in [0.15, 0.2) is 0 Å². The van der Waals surface area contributed by atoms with E-state index in [1.807, 2.05) is 0 Å². The van der Waals surface area contributed by atoms with Crippen LogP contribution in [0.3, 0.4) is 0 Å². The lowest BCUT2D eigenvalue weighted by atomic mass is 9.83. The van der Waals surface area contributed by atoms with E-state index < -0.39 is 0 Å². The first-order valence-corrected chi connectivity index (χ1v) is 5.56. The van der Waals surface area contributed by atoms with E-state index in [0.717, 1.165) is 5.92 Å². The number of hydrogen-bond donors (Lipinski definition) is 1. The van der Waals surface area contributed by atoms with Crippen LogP contribution < -0.4 is 0 Å². The molecule has 0 radical (unpaired) electrons. The van der Waals surface area contributed by atoms with Gasteiger partial charge in [-0.05, 0) is 37.5 Å². The summed E-state index contributed by atoms with van der Waals surface area (Å²) >= 11 is 2.46. The van der Waals surface area contributed by atoms with Crippen molar-refractivity contribution in [3.63, 3.8) is 0 Å². The van der Waals surface area contributed by atoms with E-state index in [0.29, 0.717) is 12.5 Å². The predicted molar refractivity (Wildman–Crippen MR) is 51.4 cm³/mol. The van der Waals surface area contributed by atoms with Gasteiger partial charge in [0.1, 0.15) is 0 Å². The minimum absolute atomic E-state index is 0.411. The van der Waals surface area contributed by atoms with Gasteiger partial charge >= 0.3 is 0 Å². The lowest BCUT2D eigenvalue weighted by Crippen LogP contribution is -2.17. The quantitative estimate of drug-likeness (QED) is 0.591. The molecule has 10 heavy (non-hydrogen) atoms. The van der Waals surface area contributed by atoms with Crippen molar-refractivity contribution in [1.82, 2.24) is 0 Å². The van der Waals surface area contributed by atoms with E-state index in [-0.39, 0.29) is 0 Å². The summed E-state index contributed by atoms with van der Waals surface area (Å²) in [5.74, 6) is 1.57. The highest BCUT2D eigenvalue weighted by Gasteiger charge is 2.18. The third-order valence-corrected chi connectivity index (χ3v) is 3.69. The molecule has 0 spiro atoms. The fourth-order valence-electron chi connectivity index (χ4n) is 1.57. The summed E-state index contributed by atoms with van der Waals surface area (Å²) in [6.07, 6.45) is 5.19. The SMILES string of the molecule is OC[C@H]1CC[C@@H](CI)CC1. The minimum Gasteiger partial charge on any atom is -0.396 e. The third-order valence-electron chi connectivity index (χ3n) is 2.44. The second-order valence-electron chi connectivity index (χ2n) is 3.22. The Balaban J connectivity index is 2.17. The van der Waals surface area contributed by atoms with E-state index in [1.54, 1.807) is 0 Å². The first-order chi connectivity index (χ1) is 4.86. The summed E-state index contributed by atoms with van der Waals surface area (Å²) in [7, 11) is 0. The molecule has 1 saturated carbocycles. The van der Waals surface area contributed by atoms with Crippen molar-refractivity contribution in [2.75, 3.05) is 11.0 Å². The smallest absolute Gasteiger partial charge is 0.0459 e. The van der Waals surface area contributed by atoms with Gasteiger partial charge in [0.15, 0.2) is 0 Å². The monoisotopic (exact) mass is 254 g/mol. The minimum atomic E-state index is 0.411. The van der Waals surface area contributed by atoms with Crippen LogP contribution in [-0.4, -0.2) is 16.1 Å². The van der Waals surface area contributed by atoms with Gasteiger partial charge in [-0.1, -0.05) is 22.6 Å². The van der Waals surface area contributed by atoms with Crippen LogP contribution in [-0.2, 0) is 0 Å². The maximum atomic E-state index is 8.85. The molecule has 0 bridgehead atoms. The predicted octanol–water partition coefficient (Wildman–Crippen LogP) is 2.22. The number of aliphatic hydroxyl groups excluding tert-OH is 1. The Morgan fingerprint density at radius 3 is 2.00 bits per heavy atom. The van der Waals surface area contributed by atoms with Crippen molar-refractivity contribution >= 4 is 22.6 Å². The molecule has 1 fully saturated rings. The van der Waals surface area contributed by atoms with Crippen LogP contribution in [0.1, 0.15) is 25.7 Å². The van der Waals surface area contributed by atoms with E-state index in [1.165, 1.54) is 30.1 Å². The molecule has 1 rings (SSSR count). The molecule has 60 valence electrons. The molecule has 0 atom stereocenters. The molecule has 0 amide bonds. The van der Waals surface area contributed by atoms with Crippen molar-refractivity contribution in [2.24, 2.45) is 11.8 Å². The number of rotatable bonds is 2.